The average molecular weight is 421 g/mol. The minimum atomic E-state index is -3.68. The van der Waals surface area contributed by atoms with Gasteiger partial charge in [-0.3, -0.25) is 9.71 Å². The van der Waals surface area contributed by atoms with E-state index in [1.165, 1.54) is 0 Å². The molecule has 0 radical (unpaired) electrons. The van der Waals surface area contributed by atoms with E-state index in [-0.39, 0.29) is 16.4 Å². The van der Waals surface area contributed by atoms with Crippen LogP contribution in [0.2, 0.25) is 0 Å². The quantitative estimate of drug-likeness (QED) is 0.635. The van der Waals surface area contributed by atoms with Crippen LogP contribution in [0.1, 0.15) is 17.1 Å². The first kappa shape index (κ1) is 20.5. The van der Waals surface area contributed by atoms with Crippen molar-refractivity contribution in [3.05, 3.63) is 65.2 Å². The molecule has 150 valence electrons. The lowest BCUT2D eigenvalue weighted by Gasteiger charge is -2.05. The Labute approximate surface area is 169 Å². The van der Waals surface area contributed by atoms with E-state index in [4.69, 9.17) is 10.2 Å². The predicted octanol–water partition coefficient (Wildman–Crippen LogP) is 2.23. The van der Waals surface area contributed by atoms with E-state index in [2.05, 4.69) is 14.6 Å². The highest BCUT2D eigenvalue weighted by atomic mass is 32.2. The number of hydrogen-bond donors (Lipinski definition) is 2. The van der Waals surface area contributed by atoms with E-state index in [0.29, 0.717) is 12.1 Å². The van der Waals surface area contributed by atoms with Crippen molar-refractivity contribution in [1.82, 2.24) is 9.62 Å². The third-order valence-corrected chi connectivity index (χ3v) is 6.39. The fraction of sp³-hybridized carbons (Fsp3) is 0.316. The van der Waals surface area contributed by atoms with Crippen molar-refractivity contribution in [2.24, 2.45) is 10.7 Å². The second-order valence-corrected chi connectivity index (χ2v) is 9.33. The normalized spacial score (nSPS) is 17.5. The van der Waals surface area contributed by atoms with Gasteiger partial charge in [0.1, 0.15) is 16.4 Å². The van der Waals surface area contributed by atoms with Gasteiger partial charge in [0, 0.05) is 5.75 Å². The summed E-state index contributed by atoms with van der Waals surface area (Å²) in [6.07, 6.45) is 0. The van der Waals surface area contributed by atoms with Gasteiger partial charge in [0.2, 0.25) is 0 Å². The highest BCUT2D eigenvalue weighted by molar-refractivity contribution is 8.00. The Morgan fingerprint density at radius 1 is 1.14 bits per heavy atom. The molecule has 1 aliphatic rings. The average Bonchev–Trinajstić information content (AvgIpc) is 3.16. The molecule has 0 spiro atoms. The van der Waals surface area contributed by atoms with E-state index in [1.807, 2.05) is 32.3 Å². The van der Waals surface area contributed by atoms with Crippen molar-refractivity contribution in [2.45, 2.75) is 12.3 Å². The molecule has 0 amide bonds. The van der Waals surface area contributed by atoms with Gasteiger partial charge >= 0.3 is 0 Å². The highest BCUT2D eigenvalue weighted by Gasteiger charge is 2.33. The summed E-state index contributed by atoms with van der Waals surface area (Å²) in [7, 11) is 0.310. The molecule has 1 aromatic heterocycles. The maximum Gasteiger partial charge on any atom is 0.265 e. The van der Waals surface area contributed by atoms with Crippen LogP contribution in [0.25, 0.3) is 4.91 Å². The van der Waals surface area contributed by atoms with Gasteiger partial charge in [-0.2, -0.15) is 11.8 Å². The number of amidine groups is 1. The summed E-state index contributed by atoms with van der Waals surface area (Å²) < 4.78 is 33.0. The summed E-state index contributed by atoms with van der Waals surface area (Å²) in [4.78, 5) is 6.48. The lowest BCUT2D eigenvalue weighted by Crippen LogP contribution is -2.25. The van der Waals surface area contributed by atoms with Gasteiger partial charge in [-0.1, -0.05) is 30.3 Å². The largest absolute Gasteiger partial charge is 0.464 e. The Morgan fingerprint density at radius 3 is 2.57 bits per heavy atom. The van der Waals surface area contributed by atoms with Crippen molar-refractivity contribution in [3.8, 4) is 0 Å². The second-order valence-electron chi connectivity index (χ2n) is 6.60. The number of nitrogens with zero attached hydrogens (tertiary/aromatic N) is 2. The topological polar surface area (TPSA) is 101 Å². The first-order valence-electron chi connectivity index (χ1n) is 8.79. The van der Waals surface area contributed by atoms with Crippen LogP contribution in [-0.4, -0.2) is 45.5 Å². The monoisotopic (exact) mass is 420 g/mol. The second kappa shape index (κ2) is 8.85. The van der Waals surface area contributed by atoms with Gasteiger partial charge in [-0.25, -0.2) is 8.42 Å². The van der Waals surface area contributed by atoms with E-state index >= 15 is 0 Å². The fourth-order valence-electron chi connectivity index (χ4n) is 2.79. The molecule has 3 N–H and O–H groups in total. The number of sulfonamides is 1. The number of nitrogens with one attached hydrogen (secondary N) is 1. The molecule has 1 aliphatic heterocycles. The molecule has 9 heteroatoms. The number of nitrogens with two attached hydrogens (primary N) is 1. The lowest BCUT2D eigenvalue weighted by atomic mass is 10.2. The van der Waals surface area contributed by atoms with Gasteiger partial charge in [-0.15, -0.1) is 0 Å². The fourth-order valence-corrected chi connectivity index (χ4v) is 4.88. The van der Waals surface area contributed by atoms with Gasteiger partial charge < -0.3 is 15.1 Å². The molecule has 2 aromatic rings. The first-order chi connectivity index (χ1) is 13.4. The summed E-state index contributed by atoms with van der Waals surface area (Å²) >= 11 is 1.67. The maximum atomic E-state index is 12.4. The maximum absolute atomic E-state index is 12.4. The number of aliphatic imine (C=N–C) groups is 1. The van der Waals surface area contributed by atoms with Crippen molar-refractivity contribution < 1.29 is 12.8 Å². The Bertz CT molecular complexity index is 980. The summed E-state index contributed by atoms with van der Waals surface area (Å²) in [6.45, 7) is 1.23. The van der Waals surface area contributed by atoms with Crippen LogP contribution in [-0.2, 0) is 22.3 Å². The van der Waals surface area contributed by atoms with Crippen molar-refractivity contribution in [3.63, 3.8) is 0 Å². The highest BCUT2D eigenvalue weighted by Crippen LogP contribution is 2.27. The molecule has 0 saturated carbocycles. The smallest absolute Gasteiger partial charge is 0.265 e. The number of rotatable bonds is 8. The van der Waals surface area contributed by atoms with Crippen molar-refractivity contribution >= 4 is 32.5 Å². The summed E-state index contributed by atoms with van der Waals surface area (Å²) in [6, 6.07) is 12.8. The SMILES string of the molecule is CN(C)Cc1ccc(CSCCN=C2NS(=O)(=O)C(c3ccccc3)=C2N)o1. The molecule has 3 rings (SSSR count). The zero-order chi connectivity index (χ0) is 20.1. The number of hydrogen-bond acceptors (Lipinski definition) is 7. The van der Waals surface area contributed by atoms with Gasteiger partial charge in [0.15, 0.2) is 5.84 Å². The number of benzene rings is 1. The summed E-state index contributed by atoms with van der Waals surface area (Å²) in [5, 5.41) is 0. The van der Waals surface area contributed by atoms with Crippen LogP contribution in [0.5, 0.6) is 0 Å². The number of furan rings is 1. The summed E-state index contributed by atoms with van der Waals surface area (Å²) in [5.41, 5.74) is 6.78. The third kappa shape index (κ3) is 4.98. The first-order valence-corrected chi connectivity index (χ1v) is 11.4. The van der Waals surface area contributed by atoms with Gasteiger partial charge in [-0.05, 0) is 31.8 Å². The molecule has 0 unspecified atom stereocenters. The third-order valence-electron chi connectivity index (χ3n) is 3.97. The zero-order valence-corrected chi connectivity index (χ0v) is 17.5. The van der Waals surface area contributed by atoms with Gasteiger partial charge in [0.05, 0.1) is 24.5 Å². The minimum Gasteiger partial charge on any atom is -0.464 e. The molecule has 0 saturated heterocycles. The minimum absolute atomic E-state index is 0.0866. The van der Waals surface area contributed by atoms with Crippen LogP contribution < -0.4 is 10.5 Å². The van der Waals surface area contributed by atoms with Crippen molar-refractivity contribution in [2.75, 3.05) is 26.4 Å². The molecule has 7 nitrogen and oxygen atoms in total. The zero-order valence-electron chi connectivity index (χ0n) is 15.9. The van der Waals surface area contributed by atoms with E-state index in [0.717, 1.165) is 29.6 Å². The Kier molecular flexibility index (Phi) is 6.48. The van der Waals surface area contributed by atoms with E-state index < -0.39 is 10.0 Å². The molecule has 2 heterocycles. The van der Waals surface area contributed by atoms with Crippen LogP contribution in [0.15, 0.2) is 57.6 Å². The van der Waals surface area contributed by atoms with Crippen LogP contribution in [0.4, 0.5) is 0 Å². The molecular formula is C19H24N4O3S2. The standard InChI is InChI=1S/C19H24N4O3S2/c1-23(2)12-15-8-9-16(26-15)13-27-11-10-21-19-17(20)18(28(24,25)22-19)14-6-4-3-5-7-14/h3-9H,10-13,20H2,1-2H3,(H,21,22). The van der Waals surface area contributed by atoms with Crippen LogP contribution in [0, 0.1) is 0 Å². The van der Waals surface area contributed by atoms with Gasteiger partial charge in [0.25, 0.3) is 10.0 Å². The molecule has 0 aliphatic carbocycles. The van der Waals surface area contributed by atoms with Crippen molar-refractivity contribution in [1.29, 1.82) is 0 Å². The van der Waals surface area contributed by atoms with E-state index in [9.17, 15) is 8.42 Å². The summed E-state index contributed by atoms with van der Waals surface area (Å²) in [5.74, 6) is 3.54. The molecular weight excluding hydrogens is 396 g/mol. The lowest BCUT2D eigenvalue weighted by molar-refractivity contribution is 0.344. The Hall–Kier alpha value is -2.23. The molecule has 0 atom stereocenters. The number of thioether (sulfide) groups is 1. The predicted molar refractivity (Wildman–Crippen MR) is 114 cm³/mol. The molecule has 0 fully saturated rings. The molecule has 0 bridgehead atoms. The molecule has 1 aromatic carbocycles. The van der Waals surface area contributed by atoms with E-state index in [1.54, 1.807) is 36.0 Å². The van der Waals surface area contributed by atoms with Crippen LogP contribution >= 0.6 is 11.8 Å². The molecule has 28 heavy (non-hydrogen) atoms. The Balaban J connectivity index is 1.56. The van der Waals surface area contributed by atoms with Crippen LogP contribution in [0.3, 0.4) is 0 Å². The Morgan fingerprint density at radius 2 is 1.86 bits per heavy atom.